The minimum Gasteiger partial charge on any atom is -0.389 e. The van der Waals surface area contributed by atoms with E-state index in [1.807, 2.05) is 0 Å². The molecule has 104 valence electrons. The van der Waals surface area contributed by atoms with Gasteiger partial charge in [0.15, 0.2) is 11.6 Å². The molecule has 2 aromatic carbocycles. The summed E-state index contributed by atoms with van der Waals surface area (Å²) >= 11 is 4.74. The van der Waals surface area contributed by atoms with Gasteiger partial charge in [0, 0.05) is 23.4 Å². The third-order valence-corrected chi connectivity index (χ3v) is 2.73. The van der Waals surface area contributed by atoms with Gasteiger partial charge in [-0.1, -0.05) is 12.2 Å². The molecule has 0 radical (unpaired) electrons. The van der Waals surface area contributed by atoms with Crippen molar-refractivity contribution in [3.05, 3.63) is 59.2 Å². The number of nitrogens with two attached hydrogens (primary N) is 1. The third kappa shape index (κ3) is 2.88. The van der Waals surface area contributed by atoms with Crippen molar-refractivity contribution in [2.24, 2.45) is 5.73 Å². The van der Waals surface area contributed by atoms with Crippen molar-refractivity contribution in [1.82, 2.24) is 0 Å². The Bertz CT molecular complexity index is 665. The van der Waals surface area contributed by atoms with Gasteiger partial charge in [0.2, 0.25) is 0 Å². The largest absolute Gasteiger partial charge is 0.389 e. The predicted molar refractivity (Wildman–Crippen MR) is 71.9 cm³/mol. The van der Waals surface area contributed by atoms with Gasteiger partial charge in [-0.3, -0.25) is 0 Å². The Kier molecular flexibility index (Phi) is 3.89. The van der Waals surface area contributed by atoms with Crippen LogP contribution in [0.25, 0.3) is 0 Å². The van der Waals surface area contributed by atoms with Crippen molar-refractivity contribution in [3.63, 3.8) is 0 Å². The predicted octanol–water partition coefficient (Wildman–Crippen LogP) is 3.62. The second-order valence-electron chi connectivity index (χ2n) is 3.92. The van der Waals surface area contributed by atoms with E-state index in [9.17, 15) is 17.6 Å². The average molecular weight is 300 g/mol. The monoisotopic (exact) mass is 300 g/mol. The molecule has 0 heterocycles. The summed E-state index contributed by atoms with van der Waals surface area (Å²) < 4.78 is 53.0. The molecule has 2 rings (SSSR count). The van der Waals surface area contributed by atoms with Gasteiger partial charge in [0.1, 0.15) is 22.3 Å². The maximum absolute atomic E-state index is 13.5. The molecule has 3 N–H and O–H groups in total. The lowest BCUT2D eigenvalue weighted by molar-refractivity contribution is 0.549. The smallest absolute Gasteiger partial charge is 0.152 e. The van der Waals surface area contributed by atoms with E-state index in [-0.39, 0.29) is 16.2 Å². The van der Waals surface area contributed by atoms with Gasteiger partial charge in [-0.2, -0.15) is 0 Å². The fourth-order valence-electron chi connectivity index (χ4n) is 1.63. The third-order valence-electron chi connectivity index (χ3n) is 2.51. The first kappa shape index (κ1) is 14.3. The average Bonchev–Trinajstić information content (AvgIpc) is 2.34. The molecule has 0 atom stereocenters. The van der Waals surface area contributed by atoms with Crippen LogP contribution in [0.4, 0.5) is 28.9 Å². The summed E-state index contributed by atoms with van der Waals surface area (Å²) in [6.45, 7) is 0. The first-order valence-corrected chi connectivity index (χ1v) is 5.80. The molecule has 7 heteroatoms. The second-order valence-corrected chi connectivity index (χ2v) is 4.36. The van der Waals surface area contributed by atoms with Gasteiger partial charge in [-0.05, 0) is 18.2 Å². The standard InChI is InChI=1S/C13H8F4N2S/c14-6-1-2-11(8(3-6)13(18)20)19-12-9(16)4-7(15)5-10(12)17/h1-5,19H,(H2,18,20). The molecule has 0 saturated carbocycles. The van der Waals surface area contributed by atoms with Crippen LogP contribution < -0.4 is 11.1 Å². The normalized spacial score (nSPS) is 10.4. The molecule has 0 aliphatic rings. The van der Waals surface area contributed by atoms with Gasteiger partial charge in [0.25, 0.3) is 0 Å². The molecule has 0 bridgehead atoms. The van der Waals surface area contributed by atoms with Crippen LogP contribution in [0.3, 0.4) is 0 Å². The van der Waals surface area contributed by atoms with Crippen LogP contribution in [0, 0.1) is 23.3 Å². The first-order valence-electron chi connectivity index (χ1n) is 5.39. The SMILES string of the molecule is NC(=S)c1cc(F)ccc1Nc1c(F)cc(F)cc1F. The molecular formula is C13H8F4N2S. The zero-order valence-corrected chi connectivity index (χ0v) is 10.7. The highest BCUT2D eigenvalue weighted by atomic mass is 32.1. The molecule has 0 saturated heterocycles. The Morgan fingerprint density at radius 3 is 2.10 bits per heavy atom. The van der Waals surface area contributed by atoms with Crippen LogP contribution in [0.1, 0.15) is 5.56 Å². The molecule has 2 nitrogen and oxygen atoms in total. The highest BCUT2D eigenvalue weighted by Gasteiger charge is 2.14. The lowest BCUT2D eigenvalue weighted by atomic mass is 10.1. The van der Waals surface area contributed by atoms with Crippen molar-refractivity contribution in [2.45, 2.75) is 0 Å². The summed E-state index contributed by atoms with van der Waals surface area (Å²) in [6, 6.07) is 4.38. The quantitative estimate of drug-likeness (QED) is 0.671. The van der Waals surface area contributed by atoms with Gasteiger partial charge >= 0.3 is 0 Å². The van der Waals surface area contributed by atoms with E-state index in [4.69, 9.17) is 18.0 Å². The van der Waals surface area contributed by atoms with Crippen LogP contribution in [-0.4, -0.2) is 4.99 Å². The van der Waals surface area contributed by atoms with E-state index in [2.05, 4.69) is 5.32 Å². The van der Waals surface area contributed by atoms with Gasteiger partial charge in [-0.15, -0.1) is 0 Å². The van der Waals surface area contributed by atoms with Crippen LogP contribution in [-0.2, 0) is 0 Å². The van der Waals surface area contributed by atoms with Gasteiger partial charge < -0.3 is 11.1 Å². The van der Waals surface area contributed by atoms with E-state index in [0.717, 1.165) is 12.1 Å². The lowest BCUT2D eigenvalue weighted by Crippen LogP contribution is -2.13. The minimum absolute atomic E-state index is 0.0862. The fourth-order valence-corrected chi connectivity index (χ4v) is 1.79. The number of rotatable bonds is 3. The summed E-state index contributed by atoms with van der Waals surface area (Å²) in [6.07, 6.45) is 0. The first-order chi connectivity index (χ1) is 9.38. The van der Waals surface area contributed by atoms with E-state index in [0.29, 0.717) is 12.1 Å². The van der Waals surface area contributed by atoms with Crippen molar-refractivity contribution in [3.8, 4) is 0 Å². The molecule has 0 aliphatic carbocycles. The van der Waals surface area contributed by atoms with Crippen molar-refractivity contribution >= 4 is 28.6 Å². The number of hydrogen-bond acceptors (Lipinski definition) is 2. The van der Waals surface area contributed by atoms with Crippen LogP contribution in [0.15, 0.2) is 30.3 Å². The Morgan fingerprint density at radius 1 is 0.950 bits per heavy atom. The zero-order chi connectivity index (χ0) is 14.9. The Labute approximate surface area is 117 Å². The molecule has 2 aromatic rings. The summed E-state index contributed by atoms with van der Waals surface area (Å²) in [5.41, 5.74) is 5.04. The number of anilines is 2. The molecule has 0 aromatic heterocycles. The van der Waals surface area contributed by atoms with E-state index in [1.165, 1.54) is 6.07 Å². The lowest BCUT2D eigenvalue weighted by Gasteiger charge is -2.13. The number of hydrogen-bond donors (Lipinski definition) is 2. The Hall–Kier alpha value is -2.15. The fraction of sp³-hybridized carbons (Fsp3) is 0. The van der Waals surface area contributed by atoms with Gasteiger partial charge in [0.05, 0.1) is 0 Å². The van der Waals surface area contributed by atoms with Crippen molar-refractivity contribution in [2.75, 3.05) is 5.32 Å². The van der Waals surface area contributed by atoms with Crippen molar-refractivity contribution in [1.29, 1.82) is 0 Å². The summed E-state index contributed by atoms with van der Waals surface area (Å²) in [5, 5.41) is 2.39. The molecule has 0 spiro atoms. The van der Waals surface area contributed by atoms with E-state index >= 15 is 0 Å². The Morgan fingerprint density at radius 2 is 1.55 bits per heavy atom. The molecule has 0 fully saturated rings. The molecule has 20 heavy (non-hydrogen) atoms. The Balaban J connectivity index is 2.48. The van der Waals surface area contributed by atoms with Crippen molar-refractivity contribution < 1.29 is 17.6 Å². The highest BCUT2D eigenvalue weighted by molar-refractivity contribution is 7.80. The van der Waals surface area contributed by atoms with Crippen LogP contribution >= 0.6 is 12.2 Å². The maximum atomic E-state index is 13.5. The second kappa shape index (κ2) is 5.46. The molecular weight excluding hydrogens is 292 g/mol. The maximum Gasteiger partial charge on any atom is 0.152 e. The number of benzene rings is 2. The molecule has 0 aliphatic heterocycles. The summed E-state index contributed by atoms with van der Waals surface area (Å²) in [5.74, 6) is -3.89. The van der Waals surface area contributed by atoms with Crippen LogP contribution in [0.5, 0.6) is 0 Å². The molecule has 0 amide bonds. The topological polar surface area (TPSA) is 38.0 Å². The molecule has 0 unspecified atom stereocenters. The number of nitrogens with one attached hydrogen (secondary N) is 1. The van der Waals surface area contributed by atoms with Gasteiger partial charge in [-0.25, -0.2) is 17.6 Å². The van der Waals surface area contributed by atoms with Crippen LogP contribution in [0.2, 0.25) is 0 Å². The highest BCUT2D eigenvalue weighted by Crippen LogP contribution is 2.27. The van der Waals surface area contributed by atoms with E-state index in [1.54, 1.807) is 0 Å². The number of halogens is 4. The summed E-state index contributed by atoms with van der Waals surface area (Å²) in [7, 11) is 0. The minimum atomic E-state index is -1.12. The van der Waals surface area contributed by atoms with E-state index < -0.39 is 29.0 Å². The zero-order valence-electron chi connectivity index (χ0n) is 9.88. The number of thiocarbonyl (C=S) groups is 1. The summed E-state index contributed by atoms with van der Waals surface area (Å²) in [4.78, 5) is -0.144.